The average molecular weight is 286 g/mol. The number of alkyl halides is 3. The minimum atomic E-state index is -4.35. The highest BCUT2D eigenvalue weighted by atomic mass is 32.1. The van der Waals surface area contributed by atoms with Gasteiger partial charge in [0, 0.05) is 11.9 Å². The van der Waals surface area contributed by atoms with Gasteiger partial charge in [0.1, 0.15) is 0 Å². The van der Waals surface area contributed by atoms with Gasteiger partial charge < -0.3 is 4.98 Å². The lowest BCUT2D eigenvalue weighted by Crippen LogP contribution is -2.08. The van der Waals surface area contributed by atoms with Crippen LogP contribution in [0.15, 0.2) is 24.4 Å². The molecule has 102 valence electrons. The van der Waals surface area contributed by atoms with Gasteiger partial charge in [-0.1, -0.05) is 13.0 Å². The summed E-state index contributed by atoms with van der Waals surface area (Å²) < 4.78 is 40.4. The Bertz CT molecular complexity index is 653. The summed E-state index contributed by atoms with van der Waals surface area (Å²) in [6.45, 7) is 3.70. The lowest BCUT2D eigenvalue weighted by Gasteiger charge is -2.14. The van der Waals surface area contributed by atoms with Gasteiger partial charge in [-0.25, -0.2) is 0 Å². The van der Waals surface area contributed by atoms with E-state index in [1.165, 1.54) is 6.07 Å². The summed E-state index contributed by atoms with van der Waals surface area (Å²) in [6, 6.07) is 3.69. The maximum atomic E-state index is 12.8. The first kappa shape index (κ1) is 13.9. The molecular formula is C13H13F3N2S. The van der Waals surface area contributed by atoms with Crippen molar-refractivity contribution >= 4 is 12.2 Å². The number of H-pyrrole nitrogens is 1. The Labute approximate surface area is 113 Å². The lowest BCUT2D eigenvalue weighted by atomic mass is 10.1. The first-order chi connectivity index (χ1) is 8.84. The summed E-state index contributed by atoms with van der Waals surface area (Å²) in [4.78, 5) is 2.87. The zero-order chi connectivity index (χ0) is 14.2. The SMILES string of the molecule is CCc1c[nH]c(=S)n1-c1cc(C(F)(F)F)ccc1C. The molecule has 0 aliphatic rings. The number of nitrogens with zero attached hydrogens (tertiary/aromatic N) is 1. The first-order valence-electron chi connectivity index (χ1n) is 5.82. The number of aromatic amines is 1. The van der Waals surface area contributed by atoms with Crippen LogP contribution in [-0.4, -0.2) is 9.55 Å². The summed E-state index contributed by atoms with van der Waals surface area (Å²) in [5, 5.41) is 0. The third-order valence-corrected chi connectivity index (χ3v) is 3.29. The molecule has 0 aliphatic carbocycles. The summed E-state index contributed by atoms with van der Waals surface area (Å²) >= 11 is 5.14. The van der Waals surface area contributed by atoms with Crippen LogP contribution >= 0.6 is 12.2 Å². The number of halogens is 3. The van der Waals surface area contributed by atoms with Crippen molar-refractivity contribution in [2.45, 2.75) is 26.4 Å². The number of aryl methyl sites for hydroxylation is 2. The van der Waals surface area contributed by atoms with Crippen LogP contribution in [0.3, 0.4) is 0 Å². The normalized spacial score (nSPS) is 11.8. The van der Waals surface area contributed by atoms with Crippen molar-refractivity contribution in [1.29, 1.82) is 0 Å². The van der Waals surface area contributed by atoms with Crippen LogP contribution in [-0.2, 0) is 12.6 Å². The van der Waals surface area contributed by atoms with Crippen molar-refractivity contribution in [1.82, 2.24) is 9.55 Å². The molecule has 0 unspecified atom stereocenters. The number of nitrogens with one attached hydrogen (secondary N) is 1. The molecule has 0 spiro atoms. The Morgan fingerprint density at radius 2 is 2.00 bits per heavy atom. The Morgan fingerprint density at radius 3 is 2.58 bits per heavy atom. The van der Waals surface area contributed by atoms with Gasteiger partial charge in [-0.15, -0.1) is 0 Å². The fraction of sp³-hybridized carbons (Fsp3) is 0.308. The van der Waals surface area contributed by atoms with Crippen molar-refractivity contribution in [3.8, 4) is 5.69 Å². The van der Waals surface area contributed by atoms with Crippen LogP contribution in [0.4, 0.5) is 13.2 Å². The molecule has 6 heteroatoms. The molecule has 2 nitrogen and oxygen atoms in total. The van der Waals surface area contributed by atoms with Gasteiger partial charge in [0.25, 0.3) is 0 Å². The monoisotopic (exact) mass is 286 g/mol. The van der Waals surface area contributed by atoms with E-state index in [4.69, 9.17) is 12.2 Å². The molecule has 0 bridgehead atoms. The molecule has 0 atom stereocenters. The zero-order valence-electron chi connectivity index (χ0n) is 10.5. The van der Waals surface area contributed by atoms with Crippen LogP contribution in [0.5, 0.6) is 0 Å². The highest BCUT2D eigenvalue weighted by molar-refractivity contribution is 7.71. The largest absolute Gasteiger partial charge is 0.416 e. The van der Waals surface area contributed by atoms with Crippen LogP contribution in [0.1, 0.15) is 23.7 Å². The van der Waals surface area contributed by atoms with Gasteiger partial charge in [0.05, 0.1) is 11.3 Å². The van der Waals surface area contributed by atoms with Gasteiger partial charge in [0.15, 0.2) is 4.77 Å². The van der Waals surface area contributed by atoms with Crippen molar-refractivity contribution in [2.75, 3.05) is 0 Å². The minimum Gasteiger partial charge on any atom is -0.337 e. The van der Waals surface area contributed by atoms with E-state index >= 15 is 0 Å². The quantitative estimate of drug-likeness (QED) is 0.810. The predicted octanol–water partition coefficient (Wildman–Crippen LogP) is 4.42. The topological polar surface area (TPSA) is 20.7 Å². The summed E-state index contributed by atoms with van der Waals surface area (Å²) in [5.41, 5.74) is 1.40. The number of hydrogen-bond donors (Lipinski definition) is 1. The van der Waals surface area contributed by atoms with Gasteiger partial charge in [0.2, 0.25) is 0 Å². The van der Waals surface area contributed by atoms with E-state index in [0.717, 1.165) is 23.4 Å². The Kier molecular flexibility index (Phi) is 3.54. The molecule has 0 fully saturated rings. The molecule has 0 radical (unpaired) electrons. The smallest absolute Gasteiger partial charge is 0.337 e. The van der Waals surface area contributed by atoms with Crippen LogP contribution in [0, 0.1) is 11.7 Å². The summed E-state index contributed by atoms with van der Waals surface area (Å²) in [7, 11) is 0. The van der Waals surface area contributed by atoms with Crippen LogP contribution in [0.2, 0.25) is 0 Å². The van der Waals surface area contributed by atoms with E-state index in [1.54, 1.807) is 17.7 Å². The molecule has 1 heterocycles. The van der Waals surface area contributed by atoms with Crippen LogP contribution < -0.4 is 0 Å². The predicted molar refractivity (Wildman–Crippen MR) is 70.1 cm³/mol. The fourth-order valence-corrected chi connectivity index (χ4v) is 2.23. The molecule has 2 aromatic rings. The van der Waals surface area contributed by atoms with Gasteiger partial charge in [-0.2, -0.15) is 13.2 Å². The highest BCUT2D eigenvalue weighted by Gasteiger charge is 2.31. The Hall–Kier alpha value is -1.56. The molecular weight excluding hydrogens is 273 g/mol. The number of imidazole rings is 1. The van der Waals surface area contributed by atoms with Crippen LogP contribution in [0.25, 0.3) is 5.69 Å². The van der Waals surface area contributed by atoms with Gasteiger partial charge >= 0.3 is 6.18 Å². The molecule has 2 rings (SSSR count). The van der Waals surface area contributed by atoms with Crippen molar-refractivity contribution in [3.63, 3.8) is 0 Å². The zero-order valence-corrected chi connectivity index (χ0v) is 11.3. The summed E-state index contributed by atoms with van der Waals surface area (Å²) in [5.74, 6) is 0. The summed E-state index contributed by atoms with van der Waals surface area (Å²) in [6.07, 6.45) is -1.95. The van der Waals surface area contributed by atoms with E-state index < -0.39 is 11.7 Å². The number of hydrogen-bond acceptors (Lipinski definition) is 1. The van der Waals surface area contributed by atoms with E-state index in [0.29, 0.717) is 16.9 Å². The number of benzene rings is 1. The average Bonchev–Trinajstić information content (AvgIpc) is 2.69. The Balaban J connectivity index is 2.68. The molecule has 19 heavy (non-hydrogen) atoms. The van der Waals surface area contributed by atoms with Crippen molar-refractivity contribution in [2.24, 2.45) is 0 Å². The lowest BCUT2D eigenvalue weighted by molar-refractivity contribution is -0.137. The molecule has 0 aliphatic heterocycles. The Morgan fingerprint density at radius 1 is 1.32 bits per heavy atom. The van der Waals surface area contributed by atoms with E-state index in [-0.39, 0.29) is 0 Å². The molecule has 1 N–H and O–H groups in total. The second-order valence-corrected chi connectivity index (χ2v) is 4.66. The molecule has 0 saturated heterocycles. The van der Waals surface area contributed by atoms with Gasteiger partial charge in [-0.3, -0.25) is 4.57 Å². The van der Waals surface area contributed by atoms with E-state index in [9.17, 15) is 13.2 Å². The third kappa shape index (κ3) is 2.58. The molecule has 0 saturated carbocycles. The highest BCUT2D eigenvalue weighted by Crippen LogP contribution is 2.32. The number of aromatic nitrogens is 2. The number of rotatable bonds is 2. The molecule has 1 aromatic heterocycles. The van der Waals surface area contributed by atoms with Crippen molar-refractivity contribution < 1.29 is 13.2 Å². The van der Waals surface area contributed by atoms with E-state index in [2.05, 4.69) is 4.98 Å². The third-order valence-electron chi connectivity index (χ3n) is 2.99. The second-order valence-electron chi connectivity index (χ2n) is 4.27. The maximum Gasteiger partial charge on any atom is 0.416 e. The fourth-order valence-electron chi connectivity index (χ4n) is 1.96. The maximum absolute atomic E-state index is 12.8. The van der Waals surface area contributed by atoms with Gasteiger partial charge in [-0.05, 0) is 43.3 Å². The van der Waals surface area contributed by atoms with Crippen molar-refractivity contribution in [3.05, 3.63) is 46.0 Å². The first-order valence-corrected chi connectivity index (χ1v) is 6.23. The molecule has 0 amide bonds. The minimum absolute atomic E-state index is 0.402. The van der Waals surface area contributed by atoms with E-state index in [1.807, 2.05) is 6.92 Å². The standard InChI is InChI=1S/C13H13F3N2S/c1-3-10-7-17-12(19)18(10)11-6-9(13(14,15)16)5-4-8(11)2/h4-7H,3H2,1-2H3,(H,17,19). The second kappa shape index (κ2) is 4.85. The molecule has 1 aromatic carbocycles.